The predicted molar refractivity (Wildman–Crippen MR) is 79.2 cm³/mol. The normalized spacial score (nSPS) is 11.4. The highest BCUT2D eigenvalue weighted by molar-refractivity contribution is 6.34. The first kappa shape index (κ1) is 14.2. The van der Waals surface area contributed by atoms with E-state index in [1.165, 1.54) is 6.07 Å². The van der Waals surface area contributed by atoms with Crippen molar-refractivity contribution in [1.29, 1.82) is 0 Å². The molecule has 20 heavy (non-hydrogen) atoms. The van der Waals surface area contributed by atoms with Crippen molar-refractivity contribution >= 4 is 23.1 Å². The predicted octanol–water partition coefficient (Wildman–Crippen LogP) is 4.14. The van der Waals surface area contributed by atoms with E-state index in [4.69, 9.17) is 11.6 Å². The topological polar surface area (TPSA) is 57.5 Å². The molecule has 0 aliphatic carbocycles. The fourth-order valence-electron chi connectivity index (χ4n) is 1.80. The number of ketones is 1. The lowest BCUT2D eigenvalue weighted by atomic mass is 10.1. The van der Waals surface area contributed by atoms with Gasteiger partial charge in [0.2, 0.25) is 0 Å². The van der Waals surface area contributed by atoms with E-state index in [2.05, 4.69) is 0 Å². The zero-order valence-corrected chi connectivity index (χ0v) is 11.6. The van der Waals surface area contributed by atoms with Crippen LogP contribution in [0.2, 0.25) is 5.02 Å². The Morgan fingerprint density at radius 1 is 1.15 bits per heavy atom. The monoisotopic (exact) mass is 288 g/mol. The molecule has 2 N–H and O–H groups in total. The van der Waals surface area contributed by atoms with Crippen molar-refractivity contribution in [3.8, 4) is 5.75 Å². The molecule has 0 heterocycles. The molecule has 2 aromatic rings. The smallest absolute Gasteiger partial charge is 0.191 e. The zero-order valence-electron chi connectivity index (χ0n) is 10.8. The number of phenolic OH excluding ortho intramolecular Hbond substituents is 1. The summed E-state index contributed by atoms with van der Waals surface area (Å²) in [6.45, 7) is 1.82. The number of rotatable bonds is 3. The fourth-order valence-corrected chi connectivity index (χ4v) is 2.03. The van der Waals surface area contributed by atoms with Crippen molar-refractivity contribution in [3.05, 3.63) is 70.3 Å². The molecule has 0 radical (unpaired) electrons. The number of phenols is 1. The molecule has 0 bridgehead atoms. The summed E-state index contributed by atoms with van der Waals surface area (Å²) in [5.41, 5.74) is 1.36. The van der Waals surface area contributed by atoms with E-state index in [0.29, 0.717) is 10.6 Å². The van der Waals surface area contributed by atoms with Gasteiger partial charge in [-0.25, -0.2) is 0 Å². The molecule has 0 saturated carbocycles. The number of carbonyl (C=O) groups is 1. The van der Waals surface area contributed by atoms with Crippen LogP contribution >= 0.6 is 11.6 Å². The fraction of sp³-hybridized carbons (Fsp3) is 0.0625. The highest BCUT2D eigenvalue weighted by Gasteiger charge is 2.11. The molecule has 0 saturated heterocycles. The minimum atomic E-state index is -0.423. The van der Waals surface area contributed by atoms with Crippen LogP contribution in [0.1, 0.15) is 21.5 Å². The van der Waals surface area contributed by atoms with Crippen LogP contribution in [0, 0.1) is 6.92 Å². The van der Waals surface area contributed by atoms with Gasteiger partial charge in [-0.3, -0.25) is 4.79 Å². The Morgan fingerprint density at radius 3 is 2.50 bits per heavy atom. The molecule has 2 aromatic carbocycles. The summed E-state index contributed by atoms with van der Waals surface area (Å²) in [4.78, 5) is 12.0. The van der Waals surface area contributed by atoms with Crippen LogP contribution in [0.15, 0.2) is 48.5 Å². The lowest BCUT2D eigenvalue weighted by Gasteiger charge is -2.05. The Balaban J connectivity index is 2.35. The first-order valence-corrected chi connectivity index (χ1v) is 6.36. The summed E-state index contributed by atoms with van der Waals surface area (Å²) in [5, 5.41) is 20.0. The maximum atomic E-state index is 12.0. The largest absolute Gasteiger partial charge is 0.507 e. The van der Waals surface area contributed by atoms with Crippen LogP contribution in [0.3, 0.4) is 0 Å². The van der Waals surface area contributed by atoms with Gasteiger partial charge in [-0.05, 0) is 36.8 Å². The molecular formula is C16H13ClO3. The van der Waals surface area contributed by atoms with Gasteiger partial charge in [0.15, 0.2) is 5.78 Å². The lowest BCUT2D eigenvalue weighted by Crippen LogP contribution is -1.97. The van der Waals surface area contributed by atoms with Gasteiger partial charge in [-0.2, -0.15) is 0 Å². The van der Waals surface area contributed by atoms with E-state index < -0.39 is 5.78 Å². The molecule has 0 atom stereocenters. The van der Waals surface area contributed by atoms with Crippen LogP contribution in [0.25, 0.3) is 5.76 Å². The van der Waals surface area contributed by atoms with E-state index >= 15 is 0 Å². The van der Waals surface area contributed by atoms with Gasteiger partial charge in [0.25, 0.3) is 0 Å². The standard InChI is InChI=1S/C16H13ClO3/c1-10-6-7-12(14(18)8-10)16(20)9-15(19)11-4-2-3-5-13(11)17/h2-9,18,20H,1H3/b16-9-. The molecule has 4 heteroatoms. The van der Waals surface area contributed by atoms with Gasteiger partial charge in [-0.15, -0.1) is 0 Å². The summed E-state index contributed by atoms with van der Waals surface area (Å²) in [6, 6.07) is 11.4. The average Bonchev–Trinajstić information content (AvgIpc) is 2.38. The lowest BCUT2D eigenvalue weighted by molar-refractivity contribution is 0.104. The van der Waals surface area contributed by atoms with E-state index in [0.717, 1.165) is 11.6 Å². The number of hydrogen-bond donors (Lipinski definition) is 2. The van der Waals surface area contributed by atoms with Crippen molar-refractivity contribution in [3.63, 3.8) is 0 Å². The Bertz CT molecular complexity index is 690. The highest BCUT2D eigenvalue weighted by Crippen LogP contribution is 2.25. The van der Waals surface area contributed by atoms with Crippen molar-refractivity contribution in [2.45, 2.75) is 6.92 Å². The van der Waals surface area contributed by atoms with Crippen molar-refractivity contribution in [1.82, 2.24) is 0 Å². The first-order valence-electron chi connectivity index (χ1n) is 5.98. The van der Waals surface area contributed by atoms with E-state index in [1.54, 1.807) is 36.4 Å². The van der Waals surface area contributed by atoms with Crippen LogP contribution in [0.4, 0.5) is 0 Å². The minimum absolute atomic E-state index is 0.0780. The molecule has 0 aliphatic rings. The molecule has 0 fully saturated rings. The molecule has 0 spiro atoms. The molecule has 3 nitrogen and oxygen atoms in total. The maximum Gasteiger partial charge on any atom is 0.191 e. The van der Waals surface area contributed by atoms with E-state index in [1.807, 2.05) is 6.92 Å². The van der Waals surface area contributed by atoms with Gasteiger partial charge < -0.3 is 10.2 Å². The van der Waals surface area contributed by atoms with E-state index in [-0.39, 0.29) is 17.1 Å². The number of carbonyl (C=O) groups excluding carboxylic acids is 1. The van der Waals surface area contributed by atoms with Crippen LogP contribution in [-0.2, 0) is 0 Å². The summed E-state index contributed by atoms with van der Waals surface area (Å²) >= 11 is 5.92. The highest BCUT2D eigenvalue weighted by atomic mass is 35.5. The number of allylic oxidation sites excluding steroid dienone is 1. The zero-order chi connectivity index (χ0) is 14.7. The van der Waals surface area contributed by atoms with Gasteiger partial charge in [0.05, 0.1) is 10.6 Å². The number of aromatic hydroxyl groups is 1. The van der Waals surface area contributed by atoms with E-state index in [9.17, 15) is 15.0 Å². The molecule has 102 valence electrons. The van der Waals surface area contributed by atoms with Crippen molar-refractivity contribution in [2.75, 3.05) is 0 Å². The summed E-state index contributed by atoms with van der Waals surface area (Å²) in [7, 11) is 0. The average molecular weight is 289 g/mol. The Hall–Kier alpha value is -2.26. The number of halogens is 1. The number of aliphatic hydroxyl groups is 1. The molecule has 0 aliphatic heterocycles. The Morgan fingerprint density at radius 2 is 1.85 bits per heavy atom. The second-order valence-corrected chi connectivity index (χ2v) is 4.80. The number of hydrogen-bond acceptors (Lipinski definition) is 3. The Labute approximate surface area is 121 Å². The van der Waals surface area contributed by atoms with Crippen molar-refractivity contribution in [2.24, 2.45) is 0 Å². The van der Waals surface area contributed by atoms with Crippen LogP contribution in [-0.4, -0.2) is 16.0 Å². The third-order valence-corrected chi connectivity index (χ3v) is 3.17. The van der Waals surface area contributed by atoms with Gasteiger partial charge in [0.1, 0.15) is 11.5 Å². The molecule has 0 unspecified atom stereocenters. The number of aliphatic hydroxyl groups excluding tert-OH is 1. The van der Waals surface area contributed by atoms with Crippen LogP contribution < -0.4 is 0 Å². The molecule has 0 aromatic heterocycles. The van der Waals surface area contributed by atoms with Crippen LogP contribution in [0.5, 0.6) is 5.75 Å². The third kappa shape index (κ3) is 3.00. The quantitative estimate of drug-likeness (QED) is 0.507. The second-order valence-electron chi connectivity index (χ2n) is 4.39. The second kappa shape index (κ2) is 5.80. The third-order valence-electron chi connectivity index (χ3n) is 2.84. The Kier molecular flexibility index (Phi) is 4.11. The summed E-state index contributed by atoms with van der Waals surface area (Å²) in [5.74, 6) is -0.800. The molecule has 0 amide bonds. The SMILES string of the molecule is Cc1ccc(/C(O)=C/C(=O)c2ccccc2Cl)c(O)c1. The van der Waals surface area contributed by atoms with Gasteiger partial charge in [0, 0.05) is 11.6 Å². The van der Waals surface area contributed by atoms with Gasteiger partial charge >= 0.3 is 0 Å². The summed E-state index contributed by atoms with van der Waals surface area (Å²) in [6.07, 6.45) is 1.05. The molecular weight excluding hydrogens is 276 g/mol. The maximum absolute atomic E-state index is 12.0. The van der Waals surface area contributed by atoms with Crippen molar-refractivity contribution < 1.29 is 15.0 Å². The molecule has 2 rings (SSSR count). The minimum Gasteiger partial charge on any atom is -0.507 e. The number of aryl methyl sites for hydroxylation is 1. The van der Waals surface area contributed by atoms with Gasteiger partial charge in [-0.1, -0.05) is 29.8 Å². The first-order chi connectivity index (χ1) is 9.49. The summed E-state index contributed by atoms with van der Waals surface area (Å²) < 4.78 is 0. The number of benzene rings is 2.